The van der Waals surface area contributed by atoms with E-state index >= 15 is 0 Å². The van der Waals surface area contributed by atoms with Crippen LogP contribution in [0.5, 0.6) is 0 Å². The van der Waals surface area contributed by atoms with Crippen molar-refractivity contribution < 1.29 is 13.2 Å². The van der Waals surface area contributed by atoms with E-state index in [1.54, 1.807) is 19.1 Å². The molecule has 6 heteroatoms. The number of rotatable bonds is 4. The Balaban J connectivity index is 1.85. The molecule has 0 bridgehead atoms. The van der Waals surface area contributed by atoms with Crippen molar-refractivity contribution >= 4 is 27.3 Å². The summed E-state index contributed by atoms with van der Waals surface area (Å²) in [6.45, 7) is 1.79. The molecule has 1 saturated heterocycles. The van der Waals surface area contributed by atoms with Crippen molar-refractivity contribution in [2.45, 2.75) is 31.7 Å². The molecule has 20 heavy (non-hydrogen) atoms. The van der Waals surface area contributed by atoms with Crippen LogP contribution < -0.4 is 5.32 Å². The first-order valence-electron chi connectivity index (χ1n) is 6.54. The molecule has 1 unspecified atom stereocenters. The Morgan fingerprint density at radius 1 is 1.35 bits per heavy atom. The van der Waals surface area contributed by atoms with Crippen LogP contribution in [0.2, 0.25) is 5.02 Å². The third-order valence-corrected chi connectivity index (χ3v) is 5.65. The molecule has 1 N–H and O–H groups in total. The topological polar surface area (TPSA) is 63.2 Å². The molecule has 2 rings (SSSR count). The number of hydrogen-bond donors (Lipinski definition) is 1. The predicted octanol–water partition coefficient (Wildman–Crippen LogP) is 1.97. The maximum atomic E-state index is 11.9. The summed E-state index contributed by atoms with van der Waals surface area (Å²) in [5.74, 6) is 0.0766. The van der Waals surface area contributed by atoms with E-state index in [2.05, 4.69) is 5.32 Å². The SMILES string of the molecule is CC1(NC(=O)CCc2ccc(Cl)cc2)CCS(=O)(=O)C1. The summed E-state index contributed by atoms with van der Waals surface area (Å²) in [4.78, 5) is 11.9. The van der Waals surface area contributed by atoms with Crippen LogP contribution in [0.15, 0.2) is 24.3 Å². The largest absolute Gasteiger partial charge is 0.350 e. The van der Waals surface area contributed by atoms with Crippen LogP contribution in [0, 0.1) is 0 Å². The average Bonchev–Trinajstić information content (AvgIpc) is 2.62. The first-order valence-corrected chi connectivity index (χ1v) is 8.74. The Labute approximate surface area is 124 Å². The minimum Gasteiger partial charge on any atom is -0.350 e. The molecule has 1 aromatic carbocycles. The van der Waals surface area contributed by atoms with Gasteiger partial charge in [0.25, 0.3) is 0 Å². The van der Waals surface area contributed by atoms with Gasteiger partial charge in [0, 0.05) is 11.4 Å². The molecule has 0 spiro atoms. The van der Waals surface area contributed by atoms with Crippen molar-refractivity contribution in [3.05, 3.63) is 34.9 Å². The van der Waals surface area contributed by atoms with Crippen molar-refractivity contribution in [3.8, 4) is 0 Å². The summed E-state index contributed by atoms with van der Waals surface area (Å²) in [7, 11) is -3.00. The van der Waals surface area contributed by atoms with Gasteiger partial charge in [0.2, 0.25) is 5.91 Å². The molecule has 1 aliphatic heterocycles. The van der Waals surface area contributed by atoms with Crippen molar-refractivity contribution in [2.75, 3.05) is 11.5 Å². The lowest BCUT2D eigenvalue weighted by Gasteiger charge is -2.23. The van der Waals surface area contributed by atoms with Gasteiger partial charge in [0.1, 0.15) is 0 Å². The number of hydrogen-bond acceptors (Lipinski definition) is 3. The zero-order valence-corrected chi connectivity index (χ0v) is 12.9. The van der Waals surface area contributed by atoms with Crippen LogP contribution in [-0.2, 0) is 21.1 Å². The number of carbonyl (C=O) groups excluding carboxylic acids is 1. The third kappa shape index (κ3) is 4.21. The monoisotopic (exact) mass is 315 g/mol. The molecular weight excluding hydrogens is 298 g/mol. The van der Waals surface area contributed by atoms with Crippen LogP contribution in [-0.4, -0.2) is 31.4 Å². The van der Waals surface area contributed by atoms with Crippen molar-refractivity contribution in [1.29, 1.82) is 0 Å². The molecule has 1 aromatic rings. The third-order valence-electron chi connectivity index (χ3n) is 3.50. The molecule has 1 heterocycles. The lowest BCUT2D eigenvalue weighted by Crippen LogP contribution is -2.47. The number of halogens is 1. The standard InChI is InChI=1S/C14H18ClNO3S/c1-14(8-9-20(18,19)10-14)16-13(17)7-4-11-2-5-12(15)6-3-11/h2-3,5-6H,4,7-10H2,1H3,(H,16,17). The lowest BCUT2D eigenvalue weighted by molar-refractivity contribution is -0.122. The van der Waals surface area contributed by atoms with E-state index in [4.69, 9.17) is 11.6 Å². The number of amides is 1. The van der Waals surface area contributed by atoms with Gasteiger partial charge >= 0.3 is 0 Å². The van der Waals surface area contributed by atoms with Gasteiger partial charge in [-0.25, -0.2) is 8.42 Å². The molecule has 1 atom stereocenters. The molecule has 1 amide bonds. The number of benzene rings is 1. The fourth-order valence-electron chi connectivity index (χ4n) is 2.42. The zero-order valence-electron chi connectivity index (χ0n) is 11.4. The zero-order chi connectivity index (χ0) is 14.8. The molecule has 110 valence electrons. The number of aryl methyl sites for hydroxylation is 1. The summed E-state index contributed by atoms with van der Waals surface area (Å²) in [6.07, 6.45) is 1.45. The van der Waals surface area contributed by atoms with Crippen LogP contribution in [0.1, 0.15) is 25.3 Å². The quantitative estimate of drug-likeness (QED) is 0.924. The van der Waals surface area contributed by atoms with Crippen molar-refractivity contribution in [2.24, 2.45) is 0 Å². The molecule has 1 aliphatic rings. The molecule has 0 aliphatic carbocycles. The van der Waals surface area contributed by atoms with Gasteiger partial charge in [-0.1, -0.05) is 23.7 Å². The highest BCUT2D eigenvalue weighted by Crippen LogP contribution is 2.23. The molecule has 0 aromatic heterocycles. The van der Waals surface area contributed by atoms with Gasteiger partial charge in [0.15, 0.2) is 9.84 Å². The van der Waals surface area contributed by atoms with Crippen molar-refractivity contribution in [1.82, 2.24) is 5.32 Å². The van der Waals surface area contributed by atoms with E-state index in [9.17, 15) is 13.2 Å². The Bertz CT molecular complexity index is 597. The minimum absolute atomic E-state index is 0.0344. The summed E-state index contributed by atoms with van der Waals surface area (Å²) in [5, 5.41) is 3.52. The maximum Gasteiger partial charge on any atom is 0.220 e. The Morgan fingerprint density at radius 3 is 2.55 bits per heavy atom. The van der Waals surface area contributed by atoms with E-state index in [0.717, 1.165) is 5.56 Å². The van der Waals surface area contributed by atoms with Gasteiger partial charge in [-0.15, -0.1) is 0 Å². The Morgan fingerprint density at radius 2 is 2.00 bits per heavy atom. The van der Waals surface area contributed by atoms with Crippen molar-refractivity contribution in [3.63, 3.8) is 0 Å². The van der Waals surface area contributed by atoms with Gasteiger partial charge < -0.3 is 5.32 Å². The van der Waals surface area contributed by atoms with Gasteiger partial charge in [-0.2, -0.15) is 0 Å². The van der Waals surface area contributed by atoms with E-state index in [1.165, 1.54) is 0 Å². The second-order valence-corrected chi connectivity index (χ2v) is 8.20. The molecule has 1 fully saturated rings. The first kappa shape index (κ1) is 15.3. The normalized spacial score (nSPS) is 24.5. The van der Waals surface area contributed by atoms with E-state index in [-0.39, 0.29) is 17.4 Å². The number of nitrogens with one attached hydrogen (secondary N) is 1. The fourth-order valence-corrected chi connectivity index (χ4v) is 4.64. The number of sulfone groups is 1. The first-order chi connectivity index (χ1) is 9.28. The van der Waals surface area contributed by atoms with Gasteiger partial charge in [-0.3, -0.25) is 4.79 Å². The second-order valence-electron chi connectivity index (χ2n) is 5.58. The highest BCUT2D eigenvalue weighted by Gasteiger charge is 2.39. The van der Waals surface area contributed by atoms with Gasteiger partial charge in [-0.05, 0) is 37.5 Å². The predicted molar refractivity (Wildman–Crippen MR) is 79.6 cm³/mol. The minimum atomic E-state index is -3.00. The Kier molecular flexibility index (Phi) is 4.39. The average molecular weight is 316 g/mol. The lowest BCUT2D eigenvalue weighted by atomic mass is 10.0. The van der Waals surface area contributed by atoms with E-state index in [1.807, 2.05) is 12.1 Å². The van der Waals surface area contributed by atoms with E-state index < -0.39 is 15.4 Å². The van der Waals surface area contributed by atoms with E-state index in [0.29, 0.717) is 24.3 Å². The number of carbonyl (C=O) groups is 1. The van der Waals surface area contributed by atoms with Crippen LogP contribution in [0.25, 0.3) is 0 Å². The highest BCUT2D eigenvalue weighted by molar-refractivity contribution is 7.91. The summed E-state index contributed by atoms with van der Waals surface area (Å²) >= 11 is 5.80. The fraction of sp³-hybridized carbons (Fsp3) is 0.500. The second kappa shape index (κ2) is 5.74. The Hall–Kier alpha value is -1.07. The molecule has 0 saturated carbocycles. The summed E-state index contributed by atoms with van der Waals surface area (Å²) < 4.78 is 23.0. The maximum absolute atomic E-state index is 11.9. The summed E-state index contributed by atoms with van der Waals surface area (Å²) in [5.41, 5.74) is 0.421. The molecular formula is C14H18ClNO3S. The molecule has 0 radical (unpaired) electrons. The van der Waals surface area contributed by atoms with Gasteiger partial charge in [0.05, 0.1) is 17.0 Å². The van der Waals surface area contributed by atoms with Crippen LogP contribution in [0.3, 0.4) is 0 Å². The van der Waals surface area contributed by atoms with Crippen LogP contribution >= 0.6 is 11.6 Å². The smallest absolute Gasteiger partial charge is 0.220 e. The highest BCUT2D eigenvalue weighted by atomic mass is 35.5. The summed E-state index contributed by atoms with van der Waals surface area (Å²) in [6, 6.07) is 7.36. The van der Waals surface area contributed by atoms with Crippen LogP contribution in [0.4, 0.5) is 0 Å². The molecule has 4 nitrogen and oxygen atoms in total.